The van der Waals surface area contributed by atoms with Crippen molar-refractivity contribution in [3.63, 3.8) is 0 Å². The predicted octanol–water partition coefficient (Wildman–Crippen LogP) is 1.63. The molecule has 1 aromatic rings. The Morgan fingerprint density at radius 2 is 2.00 bits per heavy atom. The lowest BCUT2D eigenvalue weighted by Crippen LogP contribution is -2.56. The summed E-state index contributed by atoms with van der Waals surface area (Å²) in [6, 6.07) is 4.22. The molecule has 0 saturated heterocycles. The molecule has 0 saturated carbocycles. The number of carbonyl (C=O) groups excluding carboxylic acids is 2. The van der Waals surface area contributed by atoms with Crippen molar-refractivity contribution in [3.8, 4) is 5.75 Å². The number of amides is 1. The summed E-state index contributed by atoms with van der Waals surface area (Å²) >= 11 is 0. The second kappa shape index (κ2) is 9.79. The number of hydrogen-bond acceptors (Lipinski definition) is 7. The highest BCUT2D eigenvalue weighted by molar-refractivity contribution is 6.46. The number of esters is 1. The van der Waals surface area contributed by atoms with Crippen LogP contribution >= 0.6 is 0 Å². The molecule has 14 heteroatoms. The first-order valence-electron chi connectivity index (χ1n) is 9.01. The number of carbonyl (C=O) groups is 2. The maximum Gasteiger partial charge on any atom is 0.547 e. The van der Waals surface area contributed by atoms with Crippen molar-refractivity contribution in [3.05, 3.63) is 29.3 Å². The number of fused-ring (bicyclic) bond motifs is 1. The molecule has 3 N–H and O–H groups in total. The van der Waals surface area contributed by atoms with Gasteiger partial charge in [-0.05, 0) is 12.0 Å². The van der Waals surface area contributed by atoms with E-state index in [9.17, 15) is 41.7 Å². The van der Waals surface area contributed by atoms with Gasteiger partial charge in [0.05, 0.1) is 5.94 Å². The van der Waals surface area contributed by atoms with Crippen LogP contribution in [0.1, 0.15) is 37.2 Å². The first-order chi connectivity index (χ1) is 14.3. The first-order valence-corrected chi connectivity index (χ1v) is 9.01. The van der Waals surface area contributed by atoms with E-state index in [0.29, 0.717) is 5.56 Å². The standard InChI is InChI=1S/C17H19BF5NO7/c1-2-16(19,20)15(27)24-11-6-9-4-3-5-10(13(9)31-18(11)28)14(26)30-8-29-12(25)7-17(21,22)23/h3-5,11,14,26,28H,2,6-8H2,1H3,(H,24,27)/t11-,14?/m0/s1. The fourth-order valence-corrected chi connectivity index (χ4v) is 2.67. The molecule has 1 heterocycles. The maximum atomic E-state index is 13.5. The van der Waals surface area contributed by atoms with Gasteiger partial charge in [0.2, 0.25) is 0 Å². The Labute approximate surface area is 173 Å². The Morgan fingerprint density at radius 1 is 1.32 bits per heavy atom. The number of rotatable bonds is 8. The van der Waals surface area contributed by atoms with Crippen LogP contribution in [0.2, 0.25) is 0 Å². The number of ether oxygens (including phenoxy) is 2. The molecule has 2 atom stereocenters. The van der Waals surface area contributed by atoms with E-state index >= 15 is 0 Å². The summed E-state index contributed by atoms with van der Waals surface area (Å²) in [7, 11) is -1.73. The van der Waals surface area contributed by atoms with Crippen LogP contribution in [0.5, 0.6) is 5.75 Å². The lowest BCUT2D eigenvalue weighted by atomic mass is 9.72. The Morgan fingerprint density at radius 3 is 2.61 bits per heavy atom. The van der Waals surface area contributed by atoms with Crippen LogP contribution in [-0.2, 0) is 25.5 Å². The molecular formula is C17H19BF5NO7. The van der Waals surface area contributed by atoms with Gasteiger partial charge < -0.3 is 29.6 Å². The van der Waals surface area contributed by atoms with Crippen LogP contribution in [0.3, 0.4) is 0 Å². The molecule has 0 radical (unpaired) electrons. The molecule has 1 aliphatic rings. The van der Waals surface area contributed by atoms with E-state index in [-0.39, 0.29) is 17.7 Å². The highest BCUT2D eigenvalue weighted by Crippen LogP contribution is 2.34. The first kappa shape index (κ1) is 24.8. The molecule has 8 nitrogen and oxygen atoms in total. The Balaban J connectivity index is 2.02. The number of aliphatic hydroxyl groups is 1. The van der Waals surface area contributed by atoms with Crippen molar-refractivity contribution >= 4 is 19.0 Å². The average Bonchev–Trinajstić information content (AvgIpc) is 2.66. The number of alkyl halides is 5. The SMILES string of the molecule is CCC(F)(F)C(=O)N[C@H]1Cc2cccc(C(O)OCOC(=O)CC(F)(F)F)c2OB1O. The van der Waals surface area contributed by atoms with Crippen LogP contribution in [-0.4, -0.2) is 54.0 Å². The van der Waals surface area contributed by atoms with Crippen LogP contribution in [0.4, 0.5) is 22.0 Å². The van der Waals surface area contributed by atoms with Gasteiger partial charge >= 0.3 is 25.2 Å². The summed E-state index contributed by atoms with van der Waals surface area (Å²) in [5.74, 6) is -8.09. The van der Waals surface area contributed by atoms with Crippen LogP contribution in [0.15, 0.2) is 18.2 Å². The van der Waals surface area contributed by atoms with E-state index in [0.717, 1.165) is 6.92 Å². The van der Waals surface area contributed by atoms with Crippen molar-refractivity contribution in [1.82, 2.24) is 5.32 Å². The van der Waals surface area contributed by atoms with Gasteiger partial charge in [-0.25, -0.2) is 0 Å². The number of para-hydroxylation sites is 1. The summed E-state index contributed by atoms with van der Waals surface area (Å²) < 4.78 is 77.4. The molecule has 1 unspecified atom stereocenters. The topological polar surface area (TPSA) is 114 Å². The van der Waals surface area contributed by atoms with Crippen molar-refractivity contribution in [1.29, 1.82) is 0 Å². The van der Waals surface area contributed by atoms with E-state index in [1.165, 1.54) is 18.2 Å². The van der Waals surface area contributed by atoms with Gasteiger partial charge in [-0.2, -0.15) is 22.0 Å². The molecule has 31 heavy (non-hydrogen) atoms. The smallest absolute Gasteiger partial charge is 0.534 e. The predicted molar refractivity (Wildman–Crippen MR) is 93.6 cm³/mol. The second-order valence-corrected chi connectivity index (χ2v) is 6.63. The van der Waals surface area contributed by atoms with Gasteiger partial charge in [0, 0.05) is 12.0 Å². The number of hydrogen-bond donors (Lipinski definition) is 3. The van der Waals surface area contributed by atoms with E-state index in [4.69, 9.17) is 9.39 Å². The number of aliphatic hydroxyl groups excluding tert-OH is 1. The summed E-state index contributed by atoms with van der Waals surface area (Å²) in [5, 5.41) is 22.2. The highest BCUT2D eigenvalue weighted by Gasteiger charge is 2.43. The normalized spacial score (nSPS) is 17.4. The van der Waals surface area contributed by atoms with Gasteiger partial charge in [-0.15, -0.1) is 0 Å². The average molecular weight is 455 g/mol. The molecule has 0 fully saturated rings. The van der Waals surface area contributed by atoms with Crippen molar-refractivity contribution < 1.29 is 55.8 Å². The van der Waals surface area contributed by atoms with Crippen LogP contribution in [0.25, 0.3) is 0 Å². The van der Waals surface area contributed by atoms with Gasteiger partial charge in [0.15, 0.2) is 13.1 Å². The number of halogens is 5. The highest BCUT2D eigenvalue weighted by atomic mass is 19.4. The zero-order valence-electron chi connectivity index (χ0n) is 16.1. The maximum absolute atomic E-state index is 13.5. The summed E-state index contributed by atoms with van der Waals surface area (Å²) in [4.78, 5) is 22.7. The van der Waals surface area contributed by atoms with E-state index in [1.807, 2.05) is 5.32 Å². The fourth-order valence-electron chi connectivity index (χ4n) is 2.67. The molecule has 1 aliphatic heterocycles. The Kier molecular flexibility index (Phi) is 7.84. The lowest BCUT2D eigenvalue weighted by Gasteiger charge is -2.31. The number of benzene rings is 1. The van der Waals surface area contributed by atoms with Gasteiger partial charge in [0.25, 0.3) is 5.91 Å². The van der Waals surface area contributed by atoms with E-state index < -0.39 is 63.0 Å². The zero-order valence-corrected chi connectivity index (χ0v) is 16.1. The largest absolute Gasteiger partial charge is 0.547 e. The van der Waals surface area contributed by atoms with Gasteiger partial charge in [-0.1, -0.05) is 25.1 Å². The minimum atomic E-state index is -4.76. The molecule has 2 rings (SSSR count). The van der Waals surface area contributed by atoms with Crippen LogP contribution < -0.4 is 9.97 Å². The molecule has 1 amide bonds. The summed E-state index contributed by atoms with van der Waals surface area (Å²) in [6.45, 7) is 0.129. The molecular weight excluding hydrogens is 436 g/mol. The summed E-state index contributed by atoms with van der Waals surface area (Å²) in [6.07, 6.45) is -9.25. The summed E-state index contributed by atoms with van der Waals surface area (Å²) in [5.41, 5.74) is 0.261. The molecule has 172 valence electrons. The molecule has 0 aliphatic carbocycles. The molecule has 0 bridgehead atoms. The molecule has 1 aromatic carbocycles. The third-order valence-corrected chi connectivity index (χ3v) is 4.30. The quantitative estimate of drug-likeness (QED) is 0.236. The fraction of sp³-hybridized carbons (Fsp3) is 0.529. The van der Waals surface area contributed by atoms with Crippen molar-refractivity contribution in [2.75, 3.05) is 6.79 Å². The molecule has 0 aromatic heterocycles. The third kappa shape index (κ3) is 6.77. The second-order valence-electron chi connectivity index (χ2n) is 6.63. The van der Waals surface area contributed by atoms with Crippen molar-refractivity contribution in [2.45, 2.75) is 50.5 Å². The van der Waals surface area contributed by atoms with E-state index in [2.05, 4.69) is 4.74 Å². The zero-order chi connectivity index (χ0) is 23.4. The minimum Gasteiger partial charge on any atom is -0.534 e. The number of nitrogens with one attached hydrogen (secondary N) is 1. The third-order valence-electron chi connectivity index (χ3n) is 4.30. The Bertz CT molecular complexity index is 808. The Hall–Kier alpha value is -2.45. The molecule has 0 spiro atoms. The van der Waals surface area contributed by atoms with Gasteiger partial charge in [-0.3, -0.25) is 9.59 Å². The van der Waals surface area contributed by atoms with Crippen molar-refractivity contribution in [2.24, 2.45) is 0 Å². The van der Waals surface area contributed by atoms with E-state index in [1.54, 1.807) is 0 Å². The lowest BCUT2D eigenvalue weighted by molar-refractivity contribution is -0.199. The van der Waals surface area contributed by atoms with Gasteiger partial charge in [0.1, 0.15) is 12.2 Å². The monoisotopic (exact) mass is 455 g/mol. The minimum absolute atomic E-state index is 0.0629. The van der Waals surface area contributed by atoms with Crippen LogP contribution in [0, 0.1) is 0 Å².